The molecule has 11 aliphatic rings. The molecule has 11 aliphatic heterocycles. The second kappa shape index (κ2) is 51.7. The Balaban J connectivity index is 0.955. The highest BCUT2D eigenvalue weighted by molar-refractivity contribution is 5.74. The van der Waals surface area contributed by atoms with Crippen LogP contribution in [0.2, 0.25) is 0 Å². The Bertz CT molecular complexity index is 3890. The van der Waals surface area contributed by atoms with E-state index < -0.39 is 452 Å². The minimum Gasteiger partial charge on any atom is -0.394 e. The van der Waals surface area contributed by atoms with Gasteiger partial charge in [0.25, 0.3) is 0 Å². The van der Waals surface area contributed by atoms with Gasteiger partial charge in [-0.25, -0.2) is 0 Å². The minimum absolute atomic E-state index is 0.864. The predicted octanol–water partition coefficient (Wildman–Crippen LogP) is -23.9. The van der Waals surface area contributed by atoms with Crippen LogP contribution in [0.4, 0.5) is 0 Å². The van der Waals surface area contributed by atoms with Crippen LogP contribution in [-0.4, -0.2) is 615 Å². The Morgan fingerprint density at radius 2 is 0.556 bits per heavy atom. The highest BCUT2D eigenvalue weighted by atomic mass is 16.8. The Labute approximate surface area is 805 Å². The Hall–Kier alpha value is -4.28. The van der Waals surface area contributed by atoms with Crippen molar-refractivity contribution in [2.45, 2.75) is 410 Å². The molecule has 0 spiro atoms. The van der Waals surface area contributed by atoms with Gasteiger partial charge in [0.2, 0.25) is 23.6 Å². The van der Waals surface area contributed by atoms with E-state index in [4.69, 9.17) is 104 Å². The van der Waals surface area contributed by atoms with Crippen molar-refractivity contribution in [3.63, 3.8) is 0 Å². The molecule has 0 aromatic heterocycles. The van der Waals surface area contributed by atoms with Gasteiger partial charge in [-0.3, -0.25) is 19.2 Å². The van der Waals surface area contributed by atoms with Gasteiger partial charge in [-0.1, -0.05) is 0 Å². The zero-order valence-electron chi connectivity index (χ0n) is 77.1. The average molecular weight is 2080 g/mol. The summed E-state index contributed by atoms with van der Waals surface area (Å²) in [5.41, 5.74) is 0. The highest BCUT2D eigenvalue weighted by Crippen LogP contribution is 2.42. The maximum atomic E-state index is 13.5. The number of ether oxygens (including phenoxy) is 22. The minimum atomic E-state index is -2.74. The second-order valence-electron chi connectivity index (χ2n) is 36.3. The summed E-state index contributed by atoms with van der Waals surface area (Å²) < 4.78 is 132. The number of amides is 4. The van der Waals surface area contributed by atoms with Crippen LogP contribution >= 0.6 is 0 Å². The number of aliphatic hydroxyl groups excluding tert-OH is 32. The largest absolute Gasteiger partial charge is 0.394 e. The van der Waals surface area contributed by atoms with Gasteiger partial charge in [-0.2, -0.15) is 0 Å². The summed E-state index contributed by atoms with van der Waals surface area (Å²) in [5.74, 6) is -4.07. The first-order valence-electron chi connectivity index (χ1n) is 45.7. The number of hydrogen-bond donors (Lipinski definition) is 36. The Kier molecular flexibility index (Phi) is 42.9. The molecule has 59 atom stereocenters. The molecule has 62 heteroatoms. The summed E-state index contributed by atoms with van der Waals surface area (Å²) >= 11 is 0. The molecule has 824 valence electrons. The lowest BCUT2D eigenvalue weighted by Gasteiger charge is -2.51. The number of aliphatic hydroxyl groups is 32. The first-order valence-corrected chi connectivity index (χ1v) is 45.7. The maximum Gasteiger partial charge on any atom is 0.217 e. The number of rotatable bonds is 39. The summed E-state index contributed by atoms with van der Waals surface area (Å²) in [4.78, 5) is 52.8. The lowest BCUT2D eigenvalue weighted by molar-refractivity contribution is -0.401. The van der Waals surface area contributed by atoms with Crippen molar-refractivity contribution in [1.29, 1.82) is 0 Å². The molecule has 36 N–H and O–H groups in total. The molecule has 11 heterocycles. The summed E-state index contributed by atoms with van der Waals surface area (Å²) in [6.45, 7) is -4.78. The van der Waals surface area contributed by atoms with Gasteiger partial charge in [0.05, 0.1) is 90.4 Å². The van der Waals surface area contributed by atoms with Crippen LogP contribution in [0.5, 0.6) is 0 Å². The molecule has 11 saturated heterocycles. The van der Waals surface area contributed by atoms with Gasteiger partial charge in [0, 0.05) is 27.7 Å². The molecule has 4 amide bonds. The van der Waals surface area contributed by atoms with Gasteiger partial charge >= 0.3 is 0 Å². The molecule has 0 aromatic rings. The summed E-state index contributed by atoms with van der Waals surface area (Å²) in [7, 11) is 0. The topological polar surface area (TPSA) is 967 Å². The van der Waals surface area contributed by atoms with Crippen LogP contribution in [0.25, 0.3) is 0 Å². The fourth-order valence-electron chi connectivity index (χ4n) is 18.2. The van der Waals surface area contributed by atoms with Crippen LogP contribution in [-0.2, 0) is 123 Å². The second-order valence-corrected chi connectivity index (χ2v) is 36.3. The van der Waals surface area contributed by atoms with Crippen LogP contribution in [0.3, 0.4) is 0 Å². The lowest BCUT2D eigenvalue weighted by atomic mass is 9.94. The van der Waals surface area contributed by atoms with Crippen molar-refractivity contribution in [3.05, 3.63) is 0 Å². The van der Waals surface area contributed by atoms with Gasteiger partial charge in [-0.05, 0) is 20.8 Å². The highest BCUT2D eigenvalue weighted by Gasteiger charge is 2.63. The zero-order chi connectivity index (χ0) is 105. The van der Waals surface area contributed by atoms with E-state index in [2.05, 4.69) is 21.3 Å². The Morgan fingerprint density at radius 3 is 0.930 bits per heavy atom. The number of nitrogens with one attached hydrogen (secondary N) is 4. The lowest BCUT2D eigenvalue weighted by Crippen LogP contribution is -2.71. The third kappa shape index (κ3) is 26.4. The van der Waals surface area contributed by atoms with E-state index in [1.165, 1.54) is 20.8 Å². The van der Waals surface area contributed by atoms with E-state index in [9.17, 15) is 183 Å². The fraction of sp³-hybridized carbons (Fsp3) is 0.950. The smallest absolute Gasteiger partial charge is 0.217 e. The van der Waals surface area contributed by atoms with E-state index in [1.807, 2.05) is 0 Å². The van der Waals surface area contributed by atoms with E-state index in [0.29, 0.717) is 0 Å². The third-order valence-electron chi connectivity index (χ3n) is 26.2. The van der Waals surface area contributed by atoms with Gasteiger partial charge in [0.15, 0.2) is 69.2 Å². The van der Waals surface area contributed by atoms with Crippen LogP contribution in [0.15, 0.2) is 0 Å². The van der Waals surface area contributed by atoms with E-state index in [1.54, 1.807) is 0 Å². The number of hydrogen-bond acceptors (Lipinski definition) is 58. The average Bonchev–Trinajstić information content (AvgIpc) is 0.789. The summed E-state index contributed by atoms with van der Waals surface area (Å²) in [5, 5.41) is 372. The third-order valence-corrected chi connectivity index (χ3v) is 26.2. The van der Waals surface area contributed by atoms with Crippen molar-refractivity contribution in [2.24, 2.45) is 0 Å². The predicted molar refractivity (Wildman–Crippen MR) is 439 cm³/mol. The molecule has 0 saturated carbocycles. The van der Waals surface area contributed by atoms with Crippen molar-refractivity contribution < 1.29 is 287 Å². The molecular weight excluding hydrogens is 1940 g/mol. The number of carbonyl (C=O) groups is 4. The van der Waals surface area contributed by atoms with E-state index >= 15 is 0 Å². The monoisotopic (exact) mass is 2080 g/mol. The molecule has 62 nitrogen and oxygen atoms in total. The van der Waals surface area contributed by atoms with Crippen LogP contribution in [0.1, 0.15) is 48.5 Å². The molecule has 11 rings (SSSR count). The fourth-order valence-corrected chi connectivity index (χ4v) is 18.2. The first kappa shape index (κ1) is 118. The normalized spacial score (nSPS) is 48.6. The SMILES string of the molecule is CC(=O)N[C@H]1[C@H](O[C@@H]([C@H](O)[C@H](CO)NC(C)=O)[C@H](O)CO[C@@H]2O[C@@H](C)[C@@H](O)[C@@H](O)[C@@H]2O)O[C@H](CO)[C@@H](O[C@@H]2O[C@H](CO[C@H]3O[C@H](CO)[C@@H](O)[C@H](O)[C@@H]3O[C@@H]3O[C@H](CO)[C@@H](O)[C@H](O[C@@H]4O[C@H](CO)[C@H](O)[C@H](O)[C@H]4O[C@@H]4O[C@@H](C)[C@@H](O)[C@@H](O)[C@@H]4O)[C@H]3NC(C)=O)[C@@H](O)[C@H](O[C@H]3O[C@H](CO)[C@@H](O)[C@H](O)[C@@H]3O[C@@H]3O[C@H](CO)[C@@H](O)[C@H](O[C@@H]4O[C@H](CO)[C@H](O)[C@H](O)[C@H]4O[C@@H]4O[C@@H](C)[C@@H](O)[C@@H](O)[C@@H]4O)[C@H]3NC(C)=O)[C@@H]2O)[C@@H]1O. The molecule has 11 fully saturated rings. The van der Waals surface area contributed by atoms with Gasteiger partial charge < -0.3 is 289 Å². The van der Waals surface area contributed by atoms with E-state index in [-0.39, 0.29) is 0 Å². The van der Waals surface area contributed by atoms with Crippen molar-refractivity contribution in [2.75, 3.05) is 66.1 Å². The van der Waals surface area contributed by atoms with Crippen LogP contribution in [0, 0.1) is 0 Å². The van der Waals surface area contributed by atoms with Crippen molar-refractivity contribution >= 4 is 23.6 Å². The Morgan fingerprint density at radius 1 is 0.261 bits per heavy atom. The molecule has 142 heavy (non-hydrogen) atoms. The van der Waals surface area contributed by atoms with Gasteiger partial charge in [0.1, 0.15) is 268 Å². The molecule has 0 radical (unpaired) electrons. The number of carbonyl (C=O) groups excluding carboxylic acids is 4. The molecular formula is C80H136N4O58. The zero-order valence-corrected chi connectivity index (χ0v) is 77.1. The standard InChI is InChI=1S/C80H136N4O58/c1-18-38(98)50(110)57(117)73(123-18)121-16-26(97)61(41(101)25(8-85)81-21(4)93)134-70-35(82-22(5)94)49(109)62(33(15-92)132-70)135-76-60(120)65(138-80-67(54(114)43(103)30(12-89)131-80)140-72-37(84-24(7)96)64(47(107)32(14-91)127-72)137-79-69(56(116)45(105)29(11-88)130-79)142-75-59(119)52(112)40(100)20(3)125-75)48(108)34(133-76)17-122-77-66(53(113)42(102)27(9-86)128-77)139-71-36(83-23(6)95)63(46(106)31(13-90)126-71)136-78-68(55(115)44(104)28(10-87)129-78)141-74-58(118)51(111)39(99)19(2)124-74/h18-20,25-80,85-92,97-120H,8-17H2,1-7H3,(H,81,93)(H,82,94)(H,83,95)(H,84,96)/t18-,19-,20-,25-,26+,27+,28+,29+,30+,31+,32+,33+,34+,35+,36+,37+,38+,39+,40+,41+,42+,43+,44-,45-,46+,47+,48+,49+,50+,51+,52+,53-,54-,55-,56-,57-,58-,59-,60-,61+,62+,63+,64+,65-,66-,67-,68+,69+,70-,71-,72-,73+,74-,75-,76-,77-,78-,79-,80+/m0/s1. The quantitative estimate of drug-likeness (QED) is 0.0272. The van der Waals surface area contributed by atoms with Gasteiger partial charge in [-0.15, -0.1) is 0 Å². The van der Waals surface area contributed by atoms with E-state index in [0.717, 1.165) is 27.7 Å². The summed E-state index contributed by atoms with van der Waals surface area (Å²) in [6, 6.07) is -8.13. The van der Waals surface area contributed by atoms with Crippen LogP contribution < -0.4 is 21.3 Å². The molecule has 0 aromatic carbocycles. The summed E-state index contributed by atoms with van der Waals surface area (Å²) in [6.07, 6.45) is -118. The molecule has 0 aliphatic carbocycles. The first-order chi connectivity index (χ1) is 67.0. The van der Waals surface area contributed by atoms with Crippen molar-refractivity contribution in [1.82, 2.24) is 21.3 Å². The molecule has 0 bridgehead atoms. The maximum absolute atomic E-state index is 13.5. The molecule has 0 unspecified atom stereocenters. The van der Waals surface area contributed by atoms with Crippen molar-refractivity contribution in [3.8, 4) is 0 Å².